The highest BCUT2D eigenvalue weighted by atomic mass is 35.5. The van der Waals surface area contributed by atoms with E-state index < -0.39 is 5.91 Å². The summed E-state index contributed by atoms with van der Waals surface area (Å²) in [6.07, 6.45) is 0. The van der Waals surface area contributed by atoms with Gasteiger partial charge in [0, 0.05) is 0 Å². The van der Waals surface area contributed by atoms with E-state index in [1.54, 1.807) is 12.1 Å². The first-order chi connectivity index (χ1) is 10.0. The van der Waals surface area contributed by atoms with Gasteiger partial charge in [0.1, 0.15) is 10.8 Å². The summed E-state index contributed by atoms with van der Waals surface area (Å²) in [5, 5.41) is 3.12. The Bertz CT molecular complexity index is 827. The number of nitrogens with one attached hydrogen (secondary N) is 2. The van der Waals surface area contributed by atoms with Crippen LogP contribution >= 0.6 is 34.8 Å². The Kier molecular flexibility index (Phi) is 3.71. The highest BCUT2D eigenvalue weighted by molar-refractivity contribution is 6.41. The fourth-order valence-corrected chi connectivity index (χ4v) is 2.25. The fourth-order valence-electron chi connectivity index (χ4n) is 1.76. The van der Waals surface area contributed by atoms with Crippen molar-refractivity contribution in [1.29, 1.82) is 0 Å². The fraction of sp³-hybridized carbons (Fsp3) is 0. The van der Waals surface area contributed by atoms with Crippen molar-refractivity contribution in [3.8, 4) is 0 Å². The van der Waals surface area contributed by atoms with Crippen LogP contribution in [0, 0.1) is 0 Å². The van der Waals surface area contributed by atoms with E-state index in [0.29, 0.717) is 11.0 Å². The molecule has 3 rings (SSSR count). The van der Waals surface area contributed by atoms with Crippen LogP contribution in [0.3, 0.4) is 0 Å². The zero-order valence-electron chi connectivity index (χ0n) is 10.3. The first kappa shape index (κ1) is 14.1. The van der Waals surface area contributed by atoms with Gasteiger partial charge in [-0.25, -0.2) is 9.97 Å². The number of hydrogen-bond donors (Lipinski definition) is 2. The van der Waals surface area contributed by atoms with Crippen LogP contribution in [0.15, 0.2) is 30.3 Å². The van der Waals surface area contributed by atoms with E-state index >= 15 is 0 Å². The molecule has 0 aliphatic carbocycles. The van der Waals surface area contributed by atoms with Crippen LogP contribution in [-0.2, 0) is 0 Å². The molecule has 8 heteroatoms. The smallest absolute Gasteiger partial charge is 0.273 e. The van der Waals surface area contributed by atoms with E-state index in [4.69, 9.17) is 34.8 Å². The summed E-state index contributed by atoms with van der Waals surface area (Å²) < 4.78 is 0. The van der Waals surface area contributed by atoms with Crippen LogP contribution in [-0.4, -0.2) is 20.9 Å². The highest BCUT2D eigenvalue weighted by Gasteiger charge is 2.15. The molecule has 0 bridgehead atoms. The number of amides is 1. The number of carbonyl (C=O) groups excluding carboxylic acids is 1. The number of halogens is 3. The van der Waals surface area contributed by atoms with Gasteiger partial charge >= 0.3 is 0 Å². The molecule has 0 unspecified atom stereocenters. The summed E-state index contributed by atoms with van der Waals surface area (Å²) in [6, 6.07) is 8.62. The number of para-hydroxylation sites is 2. The van der Waals surface area contributed by atoms with Crippen molar-refractivity contribution < 1.29 is 4.79 Å². The number of aromatic amines is 1. The molecule has 0 aliphatic rings. The van der Waals surface area contributed by atoms with Crippen LogP contribution in [0.4, 0.5) is 5.82 Å². The molecule has 0 radical (unpaired) electrons. The molecule has 21 heavy (non-hydrogen) atoms. The van der Waals surface area contributed by atoms with Crippen molar-refractivity contribution in [2.24, 2.45) is 0 Å². The number of H-pyrrole nitrogens is 1. The Morgan fingerprint density at radius 3 is 2.38 bits per heavy atom. The van der Waals surface area contributed by atoms with E-state index in [0.717, 1.165) is 0 Å². The Morgan fingerprint density at radius 1 is 1.10 bits per heavy atom. The van der Waals surface area contributed by atoms with Gasteiger partial charge < -0.3 is 10.3 Å². The van der Waals surface area contributed by atoms with Crippen LogP contribution in [0.5, 0.6) is 0 Å². The minimum atomic E-state index is -0.463. The Labute approximate surface area is 134 Å². The third-order valence-corrected chi connectivity index (χ3v) is 3.69. The van der Waals surface area contributed by atoms with Gasteiger partial charge in [-0.15, -0.1) is 0 Å². The van der Waals surface area contributed by atoms with Crippen molar-refractivity contribution in [3.63, 3.8) is 0 Å². The van der Waals surface area contributed by atoms with Gasteiger partial charge in [-0.2, -0.15) is 0 Å². The molecule has 1 aromatic carbocycles. The molecule has 2 aromatic heterocycles. The summed E-state index contributed by atoms with van der Waals surface area (Å²) in [6.45, 7) is 0. The minimum absolute atomic E-state index is 0.103. The number of aromatic nitrogens is 3. The molecule has 0 fully saturated rings. The lowest BCUT2D eigenvalue weighted by Gasteiger charge is -2.06. The zero-order chi connectivity index (χ0) is 15.0. The van der Waals surface area contributed by atoms with E-state index in [-0.39, 0.29) is 26.8 Å². The SMILES string of the molecule is O=C(Nc1nc2ccccc2nc1Cl)c1cc(Cl)c(Cl)[nH]1. The summed E-state index contributed by atoms with van der Waals surface area (Å²) >= 11 is 17.6. The molecule has 0 atom stereocenters. The zero-order valence-corrected chi connectivity index (χ0v) is 12.6. The van der Waals surface area contributed by atoms with Crippen LogP contribution < -0.4 is 5.32 Å². The average molecular weight is 342 g/mol. The Hall–Kier alpha value is -1.82. The monoisotopic (exact) mass is 340 g/mol. The maximum atomic E-state index is 12.1. The van der Waals surface area contributed by atoms with E-state index in [1.807, 2.05) is 12.1 Å². The van der Waals surface area contributed by atoms with Crippen LogP contribution in [0.2, 0.25) is 15.3 Å². The molecule has 5 nitrogen and oxygen atoms in total. The van der Waals surface area contributed by atoms with Crippen LogP contribution in [0.25, 0.3) is 11.0 Å². The summed E-state index contributed by atoms with van der Waals surface area (Å²) in [5.74, 6) is -0.294. The van der Waals surface area contributed by atoms with Gasteiger partial charge in [-0.05, 0) is 18.2 Å². The second-order valence-electron chi connectivity index (χ2n) is 4.15. The van der Waals surface area contributed by atoms with Gasteiger partial charge in [0.2, 0.25) is 0 Å². The van der Waals surface area contributed by atoms with Crippen molar-refractivity contribution >= 4 is 57.6 Å². The molecule has 0 spiro atoms. The number of anilines is 1. The maximum absolute atomic E-state index is 12.1. The Balaban J connectivity index is 1.94. The molecule has 0 saturated heterocycles. The normalized spacial score (nSPS) is 10.8. The first-order valence-corrected chi connectivity index (χ1v) is 6.95. The molecule has 2 heterocycles. The molecule has 2 N–H and O–H groups in total. The molecular weight excluding hydrogens is 335 g/mol. The number of benzene rings is 1. The third kappa shape index (κ3) is 2.81. The van der Waals surface area contributed by atoms with Gasteiger partial charge in [-0.3, -0.25) is 4.79 Å². The predicted molar refractivity (Wildman–Crippen MR) is 83.3 cm³/mol. The highest BCUT2D eigenvalue weighted by Crippen LogP contribution is 2.24. The number of nitrogens with zero attached hydrogens (tertiary/aromatic N) is 2. The lowest BCUT2D eigenvalue weighted by Crippen LogP contribution is -2.14. The number of carbonyl (C=O) groups is 1. The summed E-state index contributed by atoms with van der Waals surface area (Å²) in [7, 11) is 0. The molecular formula is C13H7Cl3N4O. The van der Waals surface area contributed by atoms with Crippen LogP contribution in [0.1, 0.15) is 10.5 Å². The largest absolute Gasteiger partial charge is 0.340 e. The van der Waals surface area contributed by atoms with Crippen molar-refractivity contribution in [3.05, 3.63) is 51.4 Å². The lowest BCUT2D eigenvalue weighted by atomic mass is 10.3. The van der Waals surface area contributed by atoms with E-state index in [9.17, 15) is 4.79 Å². The second kappa shape index (κ2) is 5.52. The molecule has 0 aliphatic heterocycles. The maximum Gasteiger partial charge on any atom is 0.273 e. The number of fused-ring (bicyclic) bond motifs is 1. The van der Waals surface area contributed by atoms with Gasteiger partial charge in [0.25, 0.3) is 5.91 Å². The molecule has 106 valence electrons. The van der Waals surface area contributed by atoms with E-state index in [1.165, 1.54) is 6.07 Å². The first-order valence-electron chi connectivity index (χ1n) is 5.82. The predicted octanol–water partition coefficient (Wildman–Crippen LogP) is 4.17. The lowest BCUT2D eigenvalue weighted by molar-refractivity contribution is 0.102. The van der Waals surface area contributed by atoms with Crippen molar-refractivity contribution in [2.45, 2.75) is 0 Å². The van der Waals surface area contributed by atoms with Crippen molar-refractivity contribution in [2.75, 3.05) is 5.32 Å². The average Bonchev–Trinajstić information content (AvgIpc) is 2.79. The number of rotatable bonds is 2. The third-order valence-electron chi connectivity index (χ3n) is 2.73. The minimum Gasteiger partial charge on any atom is -0.340 e. The standard InChI is InChI=1S/C13H7Cl3N4O/c14-6-5-9(18-10(6)15)13(21)20-12-11(16)17-7-3-1-2-4-8(7)19-12/h1-5,18H,(H,19,20,21). The van der Waals surface area contributed by atoms with Crippen molar-refractivity contribution in [1.82, 2.24) is 15.0 Å². The van der Waals surface area contributed by atoms with Gasteiger partial charge in [-0.1, -0.05) is 46.9 Å². The molecule has 0 saturated carbocycles. The molecule has 3 aromatic rings. The second-order valence-corrected chi connectivity index (χ2v) is 5.29. The Morgan fingerprint density at radius 2 is 1.76 bits per heavy atom. The quantitative estimate of drug-likeness (QED) is 0.735. The van der Waals surface area contributed by atoms with Gasteiger partial charge in [0.15, 0.2) is 11.0 Å². The topological polar surface area (TPSA) is 70.7 Å². The molecule has 1 amide bonds. The summed E-state index contributed by atoms with van der Waals surface area (Å²) in [4.78, 5) is 23.2. The number of hydrogen-bond acceptors (Lipinski definition) is 3. The van der Waals surface area contributed by atoms with E-state index in [2.05, 4.69) is 20.3 Å². The van der Waals surface area contributed by atoms with Gasteiger partial charge in [0.05, 0.1) is 16.1 Å². The summed E-state index contributed by atoms with van der Waals surface area (Å²) in [5.41, 5.74) is 1.47.